The number of benzene rings is 1. The minimum Gasteiger partial charge on any atom is -0.223 e. The van der Waals surface area contributed by atoms with Crippen molar-refractivity contribution < 1.29 is 8.42 Å². The standard InChI is InChI=1S/C17H24O2S/c1-3-4-5-6-7-8-9-10-15-20(18,19)17-13-11-16(2)12-14-17/h11-14H,3-8,15H2,1-2H3. The average molecular weight is 292 g/mol. The molecule has 0 aromatic heterocycles. The topological polar surface area (TPSA) is 34.1 Å². The largest absolute Gasteiger partial charge is 0.223 e. The van der Waals surface area contributed by atoms with Gasteiger partial charge in [-0.2, -0.15) is 0 Å². The van der Waals surface area contributed by atoms with Crippen LogP contribution < -0.4 is 0 Å². The van der Waals surface area contributed by atoms with Crippen molar-refractivity contribution in [3.63, 3.8) is 0 Å². The van der Waals surface area contributed by atoms with Gasteiger partial charge in [-0.1, -0.05) is 56.2 Å². The van der Waals surface area contributed by atoms with Crippen LogP contribution in [0.3, 0.4) is 0 Å². The molecule has 0 saturated heterocycles. The van der Waals surface area contributed by atoms with Gasteiger partial charge in [-0.05, 0) is 25.5 Å². The molecule has 0 saturated carbocycles. The van der Waals surface area contributed by atoms with Crippen molar-refractivity contribution in [3.8, 4) is 11.8 Å². The molecule has 0 amide bonds. The first kappa shape index (κ1) is 16.8. The summed E-state index contributed by atoms with van der Waals surface area (Å²) in [4.78, 5) is 0.361. The Balaban J connectivity index is 2.39. The fourth-order valence-electron chi connectivity index (χ4n) is 1.88. The van der Waals surface area contributed by atoms with E-state index >= 15 is 0 Å². The maximum absolute atomic E-state index is 12.0. The van der Waals surface area contributed by atoms with E-state index in [1.54, 1.807) is 12.1 Å². The van der Waals surface area contributed by atoms with Gasteiger partial charge in [-0.25, -0.2) is 8.42 Å². The second kappa shape index (κ2) is 8.81. The van der Waals surface area contributed by atoms with Crippen molar-refractivity contribution in [2.45, 2.75) is 57.3 Å². The highest BCUT2D eigenvalue weighted by molar-refractivity contribution is 7.91. The molecule has 0 heterocycles. The summed E-state index contributed by atoms with van der Waals surface area (Å²) in [5, 5.41) is 0. The zero-order valence-corrected chi connectivity index (χ0v) is 13.3. The van der Waals surface area contributed by atoms with Gasteiger partial charge in [0, 0.05) is 6.42 Å². The van der Waals surface area contributed by atoms with Crippen LogP contribution in [0.5, 0.6) is 0 Å². The molecule has 0 unspecified atom stereocenters. The quantitative estimate of drug-likeness (QED) is 0.559. The predicted molar refractivity (Wildman–Crippen MR) is 84.4 cm³/mol. The summed E-state index contributed by atoms with van der Waals surface area (Å²) >= 11 is 0. The molecule has 0 radical (unpaired) electrons. The molecule has 0 aliphatic rings. The maximum atomic E-state index is 12.0. The van der Waals surface area contributed by atoms with Gasteiger partial charge in [0.25, 0.3) is 0 Å². The van der Waals surface area contributed by atoms with Crippen LogP contribution in [0.2, 0.25) is 0 Å². The Morgan fingerprint density at radius 3 is 2.25 bits per heavy atom. The van der Waals surface area contributed by atoms with Gasteiger partial charge < -0.3 is 0 Å². The van der Waals surface area contributed by atoms with E-state index in [0.717, 1.165) is 18.4 Å². The van der Waals surface area contributed by atoms with Crippen LogP contribution in [-0.2, 0) is 9.84 Å². The molecule has 0 N–H and O–H groups in total. The van der Waals surface area contributed by atoms with Crippen molar-refractivity contribution in [1.82, 2.24) is 0 Å². The van der Waals surface area contributed by atoms with E-state index in [0.29, 0.717) is 4.90 Å². The third kappa shape index (κ3) is 6.25. The lowest BCUT2D eigenvalue weighted by Crippen LogP contribution is -2.04. The van der Waals surface area contributed by atoms with Gasteiger partial charge in [0.15, 0.2) is 9.84 Å². The molecule has 0 fully saturated rings. The van der Waals surface area contributed by atoms with Crippen LogP contribution in [0, 0.1) is 18.8 Å². The molecule has 1 aromatic carbocycles. The highest BCUT2D eigenvalue weighted by Gasteiger charge is 2.11. The van der Waals surface area contributed by atoms with Crippen molar-refractivity contribution in [1.29, 1.82) is 0 Å². The minimum atomic E-state index is -3.25. The van der Waals surface area contributed by atoms with Gasteiger partial charge in [-0.3, -0.25) is 0 Å². The summed E-state index contributed by atoms with van der Waals surface area (Å²) in [5.74, 6) is 5.68. The average Bonchev–Trinajstić information content (AvgIpc) is 2.42. The summed E-state index contributed by atoms with van der Waals surface area (Å²) in [7, 11) is -3.25. The van der Waals surface area contributed by atoms with E-state index < -0.39 is 9.84 Å². The van der Waals surface area contributed by atoms with Crippen molar-refractivity contribution in [2.24, 2.45) is 0 Å². The molecule has 110 valence electrons. The third-order valence-electron chi connectivity index (χ3n) is 3.17. The van der Waals surface area contributed by atoms with E-state index in [9.17, 15) is 8.42 Å². The lowest BCUT2D eigenvalue weighted by Gasteiger charge is -2.00. The van der Waals surface area contributed by atoms with E-state index in [-0.39, 0.29) is 5.75 Å². The lowest BCUT2D eigenvalue weighted by atomic mass is 10.1. The first-order valence-corrected chi connectivity index (χ1v) is 8.96. The van der Waals surface area contributed by atoms with Crippen molar-refractivity contribution >= 4 is 9.84 Å². The van der Waals surface area contributed by atoms with E-state index in [4.69, 9.17) is 0 Å². The van der Waals surface area contributed by atoms with Crippen molar-refractivity contribution in [2.75, 3.05) is 5.75 Å². The number of aryl methyl sites for hydroxylation is 1. The Bertz CT molecular complexity index is 545. The van der Waals surface area contributed by atoms with Crippen LogP contribution >= 0.6 is 0 Å². The molecule has 0 spiro atoms. The number of unbranched alkanes of at least 4 members (excludes halogenated alkanes) is 5. The van der Waals surface area contributed by atoms with Gasteiger partial charge in [-0.15, -0.1) is 5.92 Å². The molecule has 0 bridgehead atoms. The van der Waals surface area contributed by atoms with Crippen LogP contribution in [-0.4, -0.2) is 14.2 Å². The number of rotatable bonds is 7. The summed E-state index contributed by atoms with van der Waals surface area (Å²) in [6, 6.07) is 6.93. The maximum Gasteiger partial charge on any atom is 0.189 e. The minimum absolute atomic E-state index is 0.0784. The summed E-state index contributed by atoms with van der Waals surface area (Å²) in [6.07, 6.45) is 6.81. The molecule has 0 aliphatic heterocycles. The van der Waals surface area contributed by atoms with E-state index in [1.807, 2.05) is 19.1 Å². The van der Waals surface area contributed by atoms with Gasteiger partial charge in [0.2, 0.25) is 0 Å². The second-order valence-electron chi connectivity index (χ2n) is 5.09. The molecule has 3 heteroatoms. The number of sulfone groups is 1. The monoisotopic (exact) mass is 292 g/mol. The van der Waals surface area contributed by atoms with E-state index in [1.165, 1.54) is 25.7 Å². The molecular weight excluding hydrogens is 268 g/mol. The zero-order chi connectivity index (χ0) is 14.8. The third-order valence-corrected chi connectivity index (χ3v) is 4.69. The molecule has 2 nitrogen and oxygen atoms in total. The Kier molecular flexibility index (Phi) is 7.40. The van der Waals surface area contributed by atoms with Crippen LogP contribution in [0.15, 0.2) is 29.2 Å². The van der Waals surface area contributed by atoms with Crippen LogP contribution in [0.25, 0.3) is 0 Å². The van der Waals surface area contributed by atoms with Gasteiger partial charge in [0.1, 0.15) is 5.75 Å². The fraction of sp³-hybridized carbons (Fsp3) is 0.529. The Morgan fingerprint density at radius 2 is 1.60 bits per heavy atom. The first-order valence-electron chi connectivity index (χ1n) is 7.31. The SMILES string of the molecule is CCCCCCCC#CCS(=O)(=O)c1ccc(C)cc1. The number of hydrogen-bond donors (Lipinski definition) is 0. The van der Waals surface area contributed by atoms with Crippen LogP contribution in [0.4, 0.5) is 0 Å². The Hall–Kier alpha value is -1.27. The molecule has 0 aliphatic carbocycles. The van der Waals surface area contributed by atoms with Gasteiger partial charge >= 0.3 is 0 Å². The van der Waals surface area contributed by atoms with Gasteiger partial charge in [0.05, 0.1) is 4.90 Å². The highest BCUT2D eigenvalue weighted by atomic mass is 32.2. The summed E-state index contributed by atoms with van der Waals surface area (Å²) in [5.41, 5.74) is 1.06. The first-order chi connectivity index (χ1) is 9.56. The predicted octanol–water partition coefficient (Wildman–Crippen LogP) is 4.13. The number of hydrogen-bond acceptors (Lipinski definition) is 2. The normalized spacial score (nSPS) is 10.9. The van der Waals surface area contributed by atoms with Crippen molar-refractivity contribution in [3.05, 3.63) is 29.8 Å². The second-order valence-corrected chi connectivity index (χ2v) is 7.08. The molecule has 1 aromatic rings. The zero-order valence-electron chi connectivity index (χ0n) is 12.5. The molecule has 0 atom stereocenters. The van der Waals surface area contributed by atoms with Crippen LogP contribution in [0.1, 0.15) is 51.0 Å². The molecule has 20 heavy (non-hydrogen) atoms. The lowest BCUT2D eigenvalue weighted by molar-refractivity contribution is 0.599. The smallest absolute Gasteiger partial charge is 0.189 e. The summed E-state index contributed by atoms with van der Waals surface area (Å²) < 4.78 is 24.0. The molecular formula is C17H24O2S. The summed E-state index contributed by atoms with van der Waals surface area (Å²) in [6.45, 7) is 4.13. The Morgan fingerprint density at radius 1 is 0.950 bits per heavy atom. The highest BCUT2D eigenvalue weighted by Crippen LogP contribution is 2.11. The van der Waals surface area contributed by atoms with E-state index in [2.05, 4.69) is 18.8 Å². The fourth-order valence-corrected chi connectivity index (χ4v) is 2.89. The molecule has 1 rings (SSSR count). The Labute approximate surface area is 123 Å².